The zero-order valence-electron chi connectivity index (χ0n) is 16.7. The number of amides is 3. The molecule has 0 atom stereocenters. The molecule has 1 N–H and O–H groups in total. The molecule has 6 nitrogen and oxygen atoms in total. The van der Waals surface area contributed by atoms with Crippen molar-refractivity contribution >= 4 is 29.1 Å². The first-order valence-electron chi connectivity index (χ1n) is 8.86. The Hall–Kier alpha value is -3.41. The molecule has 0 spiro atoms. The van der Waals surface area contributed by atoms with Crippen LogP contribution in [-0.4, -0.2) is 43.3 Å². The molecule has 0 unspecified atom stereocenters. The SMILES string of the molecule is C=CC(=O)N(C)c1ccc(C(=O)N(C)CC(=O)Nc2cccc(C)c2C)cc1. The Morgan fingerprint density at radius 2 is 1.68 bits per heavy atom. The molecule has 2 aromatic rings. The van der Waals surface area contributed by atoms with Gasteiger partial charge in [-0.2, -0.15) is 0 Å². The Morgan fingerprint density at radius 3 is 2.29 bits per heavy atom. The fourth-order valence-corrected chi connectivity index (χ4v) is 2.68. The van der Waals surface area contributed by atoms with Crippen molar-refractivity contribution in [3.63, 3.8) is 0 Å². The maximum Gasteiger partial charge on any atom is 0.254 e. The van der Waals surface area contributed by atoms with Crippen LogP contribution in [0.3, 0.4) is 0 Å². The van der Waals surface area contributed by atoms with E-state index in [1.807, 2.05) is 32.0 Å². The Morgan fingerprint density at radius 1 is 1.04 bits per heavy atom. The maximum absolute atomic E-state index is 12.6. The zero-order valence-corrected chi connectivity index (χ0v) is 16.7. The average Bonchev–Trinajstić information content (AvgIpc) is 2.69. The molecular formula is C22H25N3O3. The van der Waals surface area contributed by atoms with Gasteiger partial charge in [-0.25, -0.2) is 0 Å². The first-order chi connectivity index (χ1) is 13.2. The second-order valence-electron chi connectivity index (χ2n) is 6.61. The summed E-state index contributed by atoms with van der Waals surface area (Å²) in [4.78, 5) is 39.3. The molecule has 0 aliphatic carbocycles. The summed E-state index contributed by atoms with van der Waals surface area (Å²) in [6, 6.07) is 12.3. The number of benzene rings is 2. The molecule has 2 aromatic carbocycles. The fraction of sp³-hybridized carbons (Fsp3) is 0.227. The van der Waals surface area contributed by atoms with Crippen LogP contribution in [0.15, 0.2) is 55.1 Å². The number of nitrogens with one attached hydrogen (secondary N) is 1. The molecule has 0 aromatic heterocycles. The minimum absolute atomic E-state index is 0.0666. The van der Waals surface area contributed by atoms with Crippen LogP contribution in [0, 0.1) is 13.8 Å². The first-order valence-corrected chi connectivity index (χ1v) is 8.86. The van der Waals surface area contributed by atoms with Crippen molar-refractivity contribution in [2.45, 2.75) is 13.8 Å². The third-order valence-corrected chi connectivity index (χ3v) is 4.61. The molecule has 0 aliphatic heterocycles. The second kappa shape index (κ2) is 8.99. The molecular weight excluding hydrogens is 354 g/mol. The van der Waals surface area contributed by atoms with Crippen molar-refractivity contribution in [3.05, 3.63) is 71.8 Å². The standard InChI is InChI=1S/C22H25N3O3/c1-6-21(27)25(5)18-12-10-17(11-13-18)22(28)24(4)14-20(26)23-19-9-7-8-15(2)16(19)3/h6-13H,1,14H2,2-5H3,(H,23,26). The van der Waals surface area contributed by atoms with Gasteiger partial charge in [0.15, 0.2) is 0 Å². The van der Waals surface area contributed by atoms with Gasteiger partial charge in [-0.05, 0) is 61.4 Å². The number of anilines is 2. The topological polar surface area (TPSA) is 69.7 Å². The van der Waals surface area contributed by atoms with Crippen LogP contribution in [0.4, 0.5) is 11.4 Å². The molecule has 0 fully saturated rings. The molecule has 3 amide bonds. The van der Waals surface area contributed by atoms with Gasteiger partial charge in [0.2, 0.25) is 11.8 Å². The summed E-state index contributed by atoms with van der Waals surface area (Å²) in [7, 11) is 3.21. The second-order valence-corrected chi connectivity index (χ2v) is 6.61. The van der Waals surface area contributed by atoms with Gasteiger partial charge in [-0.1, -0.05) is 18.7 Å². The van der Waals surface area contributed by atoms with Gasteiger partial charge < -0.3 is 15.1 Å². The van der Waals surface area contributed by atoms with Crippen LogP contribution in [-0.2, 0) is 9.59 Å². The molecule has 0 bridgehead atoms. The van der Waals surface area contributed by atoms with Gasteiger partial charge in [-0.15, -0.1) is 0 Å². The summed E-state index contributed by atoms with van der Waals surface area (Å²) in [5.41, 5.74) is 3.91. The number of hydrogen-bond donors (Lipinski definition) is 1. The molecule has 0 radical (unpaired) electrons. The van der Waals surface area contributed by atoms with E-state index in [1.165, 1.54) is 15.9 Å². The Labute approximate surface area is 165 Å². The van der Waals surface area contributed by atoms with Gasteiger partial charge in [-0.3, -0.25) is 14.4 Å². The first kappa shape index (κ1) is 20.9. The number of hydrogen-bond acceptors (Lipinski definition) is 3. The van der Waals surface area contributed by atoms with Gasteiger partial charge >= 0.3 is 0 Å². The van der Waals surface area contributed by atoms with E-state index in [-0.39, 0.29) is 24.3 Å². The number of carbonyl (C=O) groups is 3. The van der Waals surface area contributed by atoms with Crippen molar-refractivity contribution in [1.82, 2.24) is 4.90 Å². The van der Waals surface area contributed by atoms with Gasteiger partial charge in [0, 0.05) is 31.0 Å². The fourth-order valence-electron chi connectivity index (χ4n) is 2.68. The molecule has 0 heterocycles. The molecule has 0 saturated carbocycles. The summed E-state index contributed by atoms with van der Waals surface area (Å²) < 4.78 is 0. The summed E-state index contributed by atoms with van der Waals surface area (Å²) in [5.74, 6) is -0.780. The third kappa shape index (κ3) is 4.85. The predicted octanol–water partition coefficient (Wildman–Crippen LogP) is 3.16. The monoisotopic (exact) mass is 379 g/mol. The van der Waals surface area contributed by atoms with E-state index >= 15 is 0 Å². The quantitative estimate of drug-likeness (QED) is 0.784. The van der Waals surface area contributed by atoms with E-state index in [0.29, 0.717) is 11.3 Å². The van der Waals surface area contributed by atoms with Crippen LogP contribution < -0.4 is 10.2 Å². The van der Waals surface area contributed by atoms with E-state index in [2.05, 4.69) is 11.9 Å². The largest absolute Gasteiger partial charge is 0.332 e. The minimum atomic E-state index is -0.277. The summed E-state index contributed by atoms with van der Waals surface area (Å²) >= 11 is 0. The Kier molecular flexibility index (Phi) is 6.71. The lowest BCUT2D eigenvalue weighted by Gasteiger charge is -2.19. The third-order valence-electron chi connectivity index (χ3n) is 4.61. The number of nitrogens with zero attached hydrogens (tertiary/aromatic N) is 2. The van der Waals surface area contributed by atoms with Crippen LogP contribution in [0.5, 0.6) is 0 Å². The van der Waals surface area contributed by atoms with Crippen molar-refractivity contribution in [3.8, 4) is 0 Å². The van der Waals surface area contributed by atoms with E-state index in [0.717, 1.165) is 16.8 Å². The molecule has 146 valence electrons. The minimum Gasteiger partial charge on any atom is -0.332 e. The summed E-state index contributed by atoms with van der Waals surface area (Å²) in [5, 5.41) is 2.84. The van der Waals surface area contributed by atoms with E-state index < -0.39 is 0 Å². The van der Waals surface area contributed by atoms with Crippen molar-refractivity contribution in [2.75, 3.05) is 30.9 Å². The van der Waals surface area contributed by atoms with Crippen LogP contribution >= 0.6 is 0 Å². The summed E-state index contributed by atoms with van der Waals surface area (Å²) in [6.45, 7) is 7.30. The molecule has 0 aliphatic rings. The number of likely N-dealkylation sites (N-methyl/N-ethyl adjacent to an activating group) is 2. The highest BCUT2D eigenvalue weighted by Gasteiger charge is 2.16. The molecule has 2 rings (SSSR count). The number of aryl methyl sites for hydroxylation is 1. The maximum atomic E-state index is 12.6. The smallest absolute Gasteiger partial charge is 0.254 e. The number of carbonyl (C=O) groups excluding carboxylic acids is 3. The van der Waals surface area contributed by atoms with E-state index in [9.17, 15) is 14.4 Å². The summed E-state index contributed by atoms with van der Waals surface area (Å²) in [6.07, 6.45) is 1.22. The van der Waals surface area contributed by atoms with Gasteiger partial charge in [0.25, 0.3) is 5.91 Å². The van der Waals surface area contributed by atoms with Gasteiger partial charge in [0.1, 0.15) is 0 Å². The van der Waals surface area contributed by atoms with E-state index in [4.69, 9.17) is 0 Å². The van der Waals surface area contributed by atoms with Crippen molar-refractivity contribution < 1.29 is 14.4 Å². The van der Waals surface area contributed by atoms with Crippen LogP contribution in [0.25, 0.3) is 0 Å². The lowest BCUT2D eigenvalue weighted by atomic mass is 10.1. The lowest BCUT2D eigenvalue weighted by molar-refractivity contribution is -0.116. The average molecular weight is 379 g/mol. The Bertz CT molecular complexity index is 904. The molecule has 0 saturated heterocycles. The van der Waals surface area contributed by atoms with Crippen molar-refractivity contribution in [2.24, 2.45) is 0 Å². The molecule has 6 heteroatoms. The number of rotatable bonds is 6. The predicted molar refractivity (Wildman–Crippen MR) is 112 cm³/mol. The van der Waals surface area contributed by atoms with Crippen molar-refractivity contribution in [1.29, 1.82) is 0 Å². The molecule has 28 heavy (non-hydrogen) atoms. The highest BCUT2D eigenvalue weighted by Crippen LogP contribution is 2.18. The Balaban J connectivity index is 2.02. The van der Waals surface area contributed by atoms with Crippen LogP contribution in [0.1, 0.15) is 21.5 Å². The highest BCUT2D eigenvalue weighted by molar-refractivity contribution is 6.02. The lowest BCUT2D eigenvalue weighted by Crippen LogP contribution is -2.35. The zero-order chi connectivity index (χ0) is 20.8. The van der Waals surface area contributed by atoms with Crippen LogP contribution in [0.2, 0.25) is 0 Å². The normalized spacial score (nSPS) is 10.1. The highest BCUT2D eigenvalue weighted by atomic mass is 16.2. The van der Waals surface area contributed by atoms with Gasteiger partial charge in [0.05, 0.1) is 6.54 Å². The van der Waals surface area contributed by atoms with E-state index in [1.54, 1.807) is 38.4 Å².